The number of hydrogen-bond donors (Lipinski definition) is 0. The van der Waals surface area contributed by atoms with Crippen molar-refractivity contribution in [3.8, 4) is 5.75 Å². The molecule has 0 aliphatic carbocycles. The van der Waals surface area contributed by atoms with E-state index >= 15 is 0 Å². The third kappa shape index (κ3) is 4.51. The van der Waals surface area contributed by atoms with Crippen molar-refractivity contribution in [2.45, 2.75) is 31.6 Å². The largest absolute Gasteiger partial charge is 0.497 e. The van der Waals surface area contributed by atoms with E-state index in [0.29, 0.717) is 24.5 Å². The van der Waals surface area contributed by atoms with Gasteiger partial charge in [-0.15, -0.1) is 0 Å². The van der Waals surface area contributed by atoms with Crippen molar-refractivity contribution in [2.24, 2.45) is 0 Å². The molecule has 0 atom stereocenters. The maximum Gasteiger partial charge on any atom is 0.248 e. The summed E-state index contributed by atoms with van der Waals surface area (Å²) in [5, 5.41) is 3.77. The molecule has 1 aliphatic heterocycles. The topological polar surface area (TPSA) is 75.9 Å². The molecule has 148 valence electrons. The van der Waals surface area contributed by atoms with Crippen LogP contribution in [0, 0.1) is 13.8 Å². The highest BCUT2D eigenvalue weighted by Crippen LogP contribution is 2.24. The first-order valence-corrected chi connectivity index (χ1v) is 10.6. The zero-order valence-corrected chi connectivity index (χ0v) is 17.0. The number of nitrogens with zero attached hydrogens (tertiary/aromatic N) is 3. The molecule has 1 aromatic carbocycles. The van der Waals surface area contributed by atoms with E-state index in [0.717, 1.165) is 38.2 Å². The molecule has 0 unspecified atom stereocenters. The van der Waals surface area contributed by atoms with Crippen molar-refractivity contribution in [3.63, 3.8) is 0 Å². The highest BCUT2D eigenvalue weighted by molar-refractivity contribution is 7.89. The summed E-state index contributed by atoms with van der Waals surface area (Å²) in [5.41, 5.74) is 1.71. The number of piperazine rings is 1. The molecule has 0 N–H and O–H groups in total. The second kappa shape index (κ2) is 8.41. The predicted molar refractivity (Wildman–Crippen MR) is 102 cm³/mol. The second-order valence-corrected chi connectivity index (χ2v) is 8.73. The van der Waals surface area contributed by atoms with Crippen molar-refractivity contribution in [1.82, 2.24) is 14.4 Å². The fraction of sp³-hybridized carbons (Fsp3) is 0.526. The lowest BCUT2D eigenvalue weighted by molar-refractivity contribution is 0.186. The molecule has 1 fully saturated rings. The Balaban J connectivity index is 1.48. The molecule has 8 heteroatoms. The monoisotopic (exact) mass is 393 g/mol. The molecular formula is C19H27N3O4S. The molecule has 2 aromatic rings. The summed E-state index contributed by atoms with van der Waals surface area (Å²) in [7, 11) is -1.87. The SMILES string of the molecule is COc1ccc(CCCN2CCN(S(=O)(=O)c3c(C)noc3C)CC2)cc1. The van der Waals surface area contributed by atoms with E-state index in [1.54, 1.807) is 25.3 Å². The average Bonchev–Trinajstić information content (AvgIpc) is 3.02. The Morgan fingerprint density at radius 1 is 1.11 bits per heavy atom. The van der Waals surface area contributed by atoms with E-state index in [1.165, 1.54) is 5.56 Å². The second-order valence-electron chi connectivity index (χ2n) is 6.85. The molecule has 3 rings (SSSR count). The molecule has 0 spiro atoms. The van der Waals surface area contributed by atoms with Crippen LogP contribution in [0.15, 0.2) is 33.7 Å². The molecule has 7 nitrogen and oxygen atoms in total. The molecule has 0 bridgehead atoms. The van der Waals surface area contributed by atoms with Gasteiger partial charge in [-0.1, -0.05) is 17.3 Å². The quantitative estimate of drug-likeness (QED) is 0.718. The van der Waals surface area contributed by atoms with E-state index in [-0.39, 0.29) is 4.90 Å². The van der Waals surface area contributed by atoms with Crippen LogP contribution in [0.1, 0.15) is 23.4 Å². The highest BCUT2D eigenvalue weighted by Gasteiger charge is 2.33. The smallest absolute Gasteiger partial charge is 0.248 e. The molecule has 2 heterocycles. The van der Waals surface area contributed by atoms with Crippen molar-refractivity contribution < 1.29 is 17.7 Å². The number of methoxy groups -OCH3 is 1. The fourth-order valence-corrected chi connectivity index (χ4v) is 5.18. The summed E-state index contributed by atoms with van der Waals surface area (Å²) in [5.74, 6) is 1.23. The Labute approximate surface area is 160 Å². The van der Waals surface area contributed by atoms with Gasteiger partial charge in [0, 0.05) is 26.2 Å². The maximum absolute atomic E-state index is 12.8. The van der Waals surface area contributed by atoms with Gasteiger partial charge in [0.2, 0.25) is 10.0 Å². The Hall–Kier alpha value is -1.90. The lowest BCUT2D eigenvalue weighted by Gasteiger charge is -2.33. The molecule has 27 heavy (non-hydrogen) atoms. The molecule has 1 aliphatic rings. The predicted octanol–water partition coefficient (Wildman–Crippen LogP) is 2.24. The standard InChI is InChI=1S/C19H27N3O4S/c1-15-19(16(2)26-20-15)27(23,24)22-13-11-21(12-14-22)10-4-5-17-6-8-18(25-3)9-7-17/h6-9H,4-5,10-14H2,1-3H3. The maximum atomic E-state index is 12.8. The third-order valence-electron chi connectivity index (χ3n) is 5.00. The van der Waals surface area contributed by atoms with E-state index < -0.39 is 10.0 Å². The number of rotatable bonds is 7. The number of ether oxygens (including phenoxy) is 1. The third-order valence-corrected chi connectivity index (χ3v) is 7.14. The lowest BCUT2D eigenvalue weighted by atomic mass is 10.1. The normalized spacial score (nSPS) is 16.6. The van der Waals surface area contributed by atoms with Gasteiger partial charge in [0.05, 0.1) is 7.11 Å². The number of aromatic nitrogens is 1. The first-order chi connectivity index (χ1) is 12.9. The zero-order chi connectivity index (χ0) is 19.4. The van der Waals surface area contributed by atoms with Gasteiger partial charge in [-0.05, 0) is 50.9 Å². The highest BCUT2D eigenvalue weighted by atomic mass is 32.2. The van der Waals surface area contributed by atoms with Gasteiger partial charge in [0.25, 0.3) is 0 Å². The number of sulfonamides is 1. The Morgan fingerprint density at radius 2 is 1.78 bits per heavy atom. The van der Waals surface area contributed by atoms with Gasteiger partial charge in [-0.3, -0.25) is 0 Å². The summed E-state index contributed by atoms with van der Waals surface area (Å²) in [6.07, 6.45) is 2.05. The van der Waals surface area contributed by atoms with E-state index in [9.17, 15) is 8.42 Å². The van der Waals surface area contributed by atoms with Crippen molar-refractivity contribution in [1.29, 1.82) is 0 Å². The van der Waals surface area contributed by atoms with Crippen LogP contribution >= 0.6 is 0 Å². The van der Waals surface area contributed by atoms with Crippen LogP contribution in [-0.2, 0) is 16.4 Å². The van der Waals surface area contributed by atoms with Gasteiger partial charge in [0.1, 0.15) is 16.3 Å². The average molecular weight is 394 g/mol. The van der Waals surface area contributed by atoms with Gasteiger partial charge < -0.3 is 14.2 Å². The van der Waals surface area contributed by atoms with Crippen molar-refractivity contribution >= 4 is 10.0 Å². The van der Waals surface area contributed by atoms with Crippen LogP contribution in [0.3, 0.4) is 0 Å². The van der Waals surface area contributed by atoms with Gasteiger partial charge >= 0.3 is 0 Å². The minimum absolute atomic E-state index is 0.218. The lowest BCUT2D eigenvalue weighted by Crippen LogP contribution is -2.48. The summed E-state index contributed by atoms with van der Waals surface area (Å²) in [4.78, 5) is 2.54. The van der Waals surface area contributed by atoms with Gasteiger partial charge in [-0.2, -0.15) is 4.31 Å². The van der Waals surface area contributed by atoms with Crippen LogP contribution in [0.2, 0.25) is 0 Å². The van der Waals surface area contributed by atoms with Crippen LogP contribution in [0.4, 0.5) is 0 Å². The Kier molecular flexibility index (Phi) is 6.18. The zero-order valence-electron chi connectivity index (χ0n) is 16.1. The molecular weight excluding hydrogens is 366 g/mol. The minimum Gasteiger partial charge on any atom is -0.497 e. The number of benzene rings is 1. The Morgan fingerprint density at radius 3 is 2.33 bits per heavy atom. The minimum atomic E-state index is -3.54. The van der Waals surface area contributed by atoms with Crippen LogP contribution in [0.5, 0.6) is 5.75 Å². The van der Waals surface area contributed by atoms with Crippen LogP contribution in [-0.4, -0.2) is 62.6 Å². The fourth-order valence-electron chi connectivity index (χ4n) is 3.46. The molecule has 1 aromatic heterocycles. The van der Waals surface area contributed by atoms with E-state index in [1.807, 2.05) is 12.1 Å². The summed E-state index contributed by atoms with van der Waals surface area (Å²) in [6, 6.07) is 8.14. The summed E-state index contributed by atoms with van der Waals surface area (Å²) in [6.45, 7) is 6.74. The Bertz CT molecular complexity index is 834. The van der Waals surface area contributed by atoms with Crippen molar-refractivity contribution in [2.75, 3.05) is 39.8 Å². The van der Waals surface area contributed by atoms with Crippen LogP contribution in [0.25, 0.3) is 0 Å². The molecule has 0 radical (unpaired) electrons. The first kappa shape index (κ1) is 19.9. The van der Waals surface area contributed by atoms with Crippen molar-refractivity contribution in [3.05, 3.63) is 41.3 Å². The van der Waals surface area contributed by atoms with Gasteiger partial charge in [-0.25, -0.2) is 8.42 Å². The van der Waals surface area contributed by atoms with E-state index in [2.05, 4.69) is 22.2 Å². The first-order valence-electron chi connectivity index (χ1n) is 9.20. The molecule has 0 amide bonds. The molecule has 0 saturated carbocycles. The summed E-state index contributed by atoms with van der Waals surface area (Å²) >= 11 is 0. The number of hydrogen-bond acceptors (Lipinski definition) is 6. The van der Waals surface area contributed by atoms with Crippen LogP contribution < -0.4 is 4.74 Å². The molecule has 1 saturated heterocycles. The summed E-state index contributed by atoms with van der Waals surface area (Å²) < 4.78 is 37.4. The number of aryl methyl sites for hydroxylation is 3. The van der Waals surface area contributed by atoms with E-state index in [4.69, 9.17) is 9.26 Å². The van der Waals surface area contributed by atoms with Gasteiger partial charge in [0.15, 0.2) is 5.76 Å².